The van der Waals surface area contributed by atoms with E-state index in [0.29, 0.717) is 16.5 Å². The summed E-state index contributed by atoms with van der Waals surface area (Å²) in [7, 11) is 1.66. The molecule has 0 saturated heterocycles. The van der Waals surface area contributed by atoms with Gasteiger partial charge in [0.15, 0.2) is 11.1 Å². The van der Waals surface area contributed by atoms with Crippen LogP contribution in [0.3, 0.4) is 0 Å². The molecule has 26 heavy (non-hydrogen) atoms. The minimum atomic E-state index is -4.84. The van der Waals surface area contributed by atoms with Crippen molar-refractivity contribution in [3.05, 3.63) is 69.0 Å². The molecule has 2 aromatic carbocycles. The second kappa shape index (κ2) is 5.74. The number of halogens is 4. The molecule has 0 atom stereocenters. The zero-order valence-electron chi connectivity index (χ0n) is 13.4. The third-order valence-electron chi connectivity index (χ3n) is 4.35. The van der Waals surface area contributed by atoms with Gasteiger partial charge in [-0.05, 0) is 23.8 Å². The molecule has 3 nitrogen and oxygen atoms in total. The summed E-state index contributed by atoms with van der Waals surface area (Å²) >= 11 is 3.35. The largest absolute Gasteiger partial charge is 0.424 e. The third kappa shape index (κ3) is 2.46. The molecule has 0 bridgehead atoms. The highest BCUT2D eigenvalue weighted by Gasteiger charge is 2.40. The van der Waals surface area contributed by atoms with Crippen molar-refractivity contribution in [2.24, 2.45) is 7.05 Å². The van der Waals surface area contributed by atoms with Gasteiger partial charge in [0, 0.05) is 22.5 Å². The van der Waals surface area contributed by atoms with Gasteiger partial charge in [-0.25, -0.2) is 4.79 Å². The van der Waals surface area contributed by atoms with Crippen molar-refractivity contribution in [2.45, 2.75) is 6.18 Å². The fraction of sp³-hybridized carbons (Fsp3) is 0.105. The molecule has 0 N–H and O–H groups in total. The maximum Gasteiger partial charge on any atom is 0.424 e. The molecular formula is C19H11BrF3NO2. The van der Waals surface area contributed by atoms with Crippen LogP contribution in [0.25, 0.3) is 33.1 Å². The van der Waals surface area contributed by atoms with Gasteiger partial charge in [0.05, 0.1) is 11.0 Å². The molecule has 7 heteroatoms. The Labute approximate surface area is 153 Å². The second-order valence-electron chi connectivity index (χ2n) is 5.90. The number of benzene rings is 2. The third-order valence-corrected chi connectivity index (χ3v) is 4.84. The summed E-state index contributed by atoms with van der Waals surface area (Å²) in [6.07, 6.45) is -4.84. The molecule has 4 aromatic rings. The van der Waals surface area contributed by atoms with Gasteiger partial charge in [-0.2, -0.15) is 13.2 Å². The predicted octanol–water partition coefficient (Wildman–Crippen LogP) is 5.73. The first kappa shape index (κ1) is 16.9. The lowest BCUT2D eigenvalue weighted by Gasteiger charge is -2.13. The van der Waals surface area contributed by atoms with Crippen molar-refractivity contribution < 1.29 is 17.6 Å². The molecule has 0 saturated carbocycles. The minimum Gasteiger partial charge on any atom is -0.420 e. The number of aromatic nitrogens is 1. The highest BCUT2D eigenvalue weighted by molar-refractivity contribution is 9.10. The number of nitrogens with zero attached hydrogens (tertiary/aromatic N) is 1. The Hall–Kier alpha value is -2.54. The van der Waals surface area contributed by atoms with Gasteiger partial charge in [-0.1, -0.05) is 46.3 Å². The Balaban J connectivity index is 2.31. The lowest BCUT2D eigenvalue weighted by Crippen LogP contribution is -2.20. The number of alkyl halides is 3. The highest BCUT2D eigenvalue weighted by Crippen LogP contribution is 2.42. The number of aryl methyl sites for hydroxylation is 1. The van der Waals surface area contributed by atoms with Crippen LogP contribution in [0.1, 0.15) is 5.56 Å². The zero-order chi connectivity index (χ0) is 18.6. The van der Waals surface area contributed by atoms with E-state index >= 15 is 0 Å². The second-order valence-corrected chi connectivity index (χ2v) is 6.82. The van der Waals surface area contributed by atoms with Gasteiger partial charge in [-0.15, -0.1) is 0 Å². The molecule has 0 fully saturated rings. The average Bonchev–Trinajstić information content (AvgIpc) is 2.85. The van der Waals surface area contributed by atoms with Crippen molar-refractivity contribution in [2.75, 3.05) is 0 Å². The molecular weight excluding hydrogens is 411 g/mol. The van der Waals surface area contributed by atoms with Crippen LogP contribution in [0.5, 0.6) is 0 Å². The van der Waals surface area contributed by atoms with E-state index in [1.165, 1.54) is 0 Å². The quantitative estimate of drug-likeness (QED) is 0.393. The summed E-state index contributed by atoms with van der Waals surface area (Å²) in [5.41, 5.74) is -1.50. The molecule has 132 valence electrons. The van der Waals surface area contributed by atoms with Crippen molar-refractivity contribution in [1.82, 2.24) is 4.57 Å². The molecule has 0 aliphatic heterocycles. The predicted molar refractivity (Wildman–Crippen MR) is 97.1 cm³/mol. The maximum atomic E-state index is 13.7. The maximum absolute atomic E-state index is 13.7. The van der Waals surface area contributed by atoms with Gasteiger partial charge in [0.1, 0.15) is 0 Å². The topological polar surface area (TPSA) is 35.1 Å². The minimum absolute atomic E-state index is 0.139. The summed E-state index contributed by atoms with van der Waals surface area (Å²) in [4.78, 5) is 12.3. The molecule has 0 amide bonds. The molecule has 0 aliphatic rings. The van der Waals surface area contributed by atoms with Gasteiger partial charge in [-0.3, -0.25) is 0 Å². The number of fused-ring (bicyclic) bond motifs is 3. The molecule has 0 spiro atoms. The van der Waals surface area contributed by atoms with E-state index in [1.54, 1.807) is 60.1 Å². The summed E-state index contributed by atoms with van der Waals surface area (Å²) in [6.45, 7) is 0. The van der Waals surface area contributed by atoms with E-state index < -0.39 is 17.4 Å². The molecule has 0 radical (unpaired) electrons. The molecule has 0 unspecified atom stereocenters. The van der Waals surface area contributed by atoms with E-state index in [1.807, 2.05) is 0 Å². The smallest absolute Gasteiger partial charge is 0.420 e. The van der Waals surface area contributed by atoms with E-state index in [4.69, 9.17) is 4.42 Å². The van der Waals surface area contributed by atoms with Crippen molar-refractivity contribution in [3.63, 3.8) is 0 Å². The number of hydrogen-bond donors (Lipinski definition) is 0. The standard InChI is InChI=1S/C19H11BrF3NO2/c1-24-13-8-7-11(20)9-12(13)17-16(24)14(10-5-3-2-4-6-10)15(18(25)26-17)19(21,22)23/h2-9H,1H3. The van der Waals surface area contributed by atoms with Gasteiger partial charge in [0.2, 0.25) is 0 Å². The van der Waals surface area contributed by atoms with Crippen LogP contribution in [0.2, 0.25) is 0 Å². The van der Waals surface area contributed by atoms with Crippen molar-refractivity contribution >= 4 is 37.9 Å². The summed E-state index contributed by atoms with van der Waals surface area (Å²) in [5, 5.41) is 0.569. The van der Waals surface area contributed by atoms with Crippen LogP contribution < -0.4 is 5.63 Å². The van der Waals surface area contributed by atoms with E-state index in [0.717, 1.165) is 4.47 Å². The first-order valence-electron chi connectivity index (χ1n) is 7.66. The zero-order valence-corrected chi connectivity index (χ0v) is 15.0. The van der Waals surface area contributed by atoms with Gasteiger partial charge < -0.3 is 8.98 Å². The lowest BCUT2D eigenvalue weighted by atomic mass is 10.00. The van der Waals surface area contributed by atoms with Gasteiger partial charge >= 0.3 is 11.8 Å². The SMILES string of the molecule is Cn1c2ccc(Br)cc2c2oc(=O)c(C(F)(F)F)c(-c3ccccc3)c21. The first-order chi connectivity index (χ1) is 12.3. The van der Waals surface area contributed by atoms with E-state index in [-0.39, 0.29) is 16.7 Å². The Morgan fingerprint density at radius 3 is 2.42 bits per heavy atom. The summed E-state index contributed by atoms with van der Waals surface area (Å²) in [6, 6.07) is 13.4. The Bertz CT molecular complexity index is 1210. The monoisotopic (exact) mass is 421 g/mol. The van der Waals surface area contributed by atoms with Crippen LogP contribution in [0, 0.1) is 0 Å². The van der Waals surface area contributed by atoms with Crippen LogP contribution in [0.4, 0.5) is 13.2 Å². The lowest BCUT2D eigenvalue weighted by molar-refractivity contribution is -0.139. The normalized spacial score (nSPS) is 12.2. The van der Waals surface area contributed by atoms with Crippen molar-refractivity contribution in [3.8, 4) is 11.1 Å². The average molecular weight is 422 g/mol. The molecule has 2 aromatic heterocycles. The summed E-state index contributed by atoms with van der Waals surface area (Å²) < 4.78 is 48.6. The van der Waals surface area contributed by atoms with Crippen LogP contribution >= 0.6 is 15.9 Å². The van der Waals surface area contributed by atoms with Crippen LogP contribution in [-0.2, 0) is 13.2 Å². The van der Waals surface area contributed by atoms with Crippen LogP contribution in [0.15, 0.2) is 62.2 Å². The number of hydrogen-bond acceptors (Lipinski definition) is 2. The Kier molecular flexibility index (Phi) is 3.73. The summed E-state index contributed by atoms with van der Waals surface area (Å²) in [5.74, 6) is 0. The molecule has 0 aliphatic carbocycles. The van der Waals surface area contributed by atoms with Gasteiger partial charge in [0.25, 0.3) is 0 Å². The fourth-order valence-corrected chi connectivity index (χ4v) is 3.64. The molecule has 4 rings (SSSR count). The Morgan fingerprint density at radius 1 is 1.08 bits per heavy atom. The Morgan fingerprint density at radius 2 is 1.77 bits per heavy atom. The first-order valence-corrected chi connectivity index (χ1v) is 8.45. The molecule has 2 heterocycles. The van der Waals surface area contributed by atoms with Crippen molar-refractivity contribution in [1.29, 1.82) is 0 Å². The highest BCUT2D eigenvalue weighted by atomic mass is 79.9. The fourth-order valence-electron chi connectivity index (χ4n) is 3.28. The van der Waals surface area contributed by atoms with E-state index in [2.05, 4.69) is 15.9 Å². The van der Waals surface area contributed by atoms with E-state index in [9.17, 15) is 18.0 Å². The van der Waals surface area contributed by atoms with Crippen LogP contribution in [-0.4, -0.2) is 4.57 Å². The number of rotatable bonds is 1.